The lowest BCUT2D eigenvalue weighted by Crippen LogP contribution is -2.66. The molecule has 23 nitrogen and oxygen atoms in total. The third-order valence-electron chi connectivity index (χ3n) is 8.13. The Labute approximate surface area is 275 Å². The Hall–Kier alpha value is -2.24. The maximum Gasteiger partial charge on any atom is 0.371 e. The molecule has 4 aliphatic rings. The minimum Gasteiger partial charge on any atom is -0.480 e. The first kappa shape index (κ1) is 39.5. The van der Waals surface area contributed by atoms with Crippen molar-refractivity contribution in [2.75, 3.05) is 26.4 Å². The number of ether oxygens (including phenoxy) is 8. The van der Waals surface area contributed by atoms with Crippen molar-refractivity contribution >= 4 is 11.9 Å². The zero-order valence-corrected chi connectivity index (χ0v) is 25.3. The number of hydrogen-bond acceptors (Lipinski definition) is 21. The summed E-state index contributed by atoms with van der Waals surface area (Å²) in [5, 5.41) is 123. The molecule has 0 aromatic carbocycles. The molecule has 0 aromatic heterocycles. The molecular formula is C26H41NO22. The van der Waals surface area contributed by atoms with Crippen LogP contribution in [0, 0.1) is 0 Å². The lowest BCUT2D eigenvalue weighted by Gasteiger charge is -2.48. The fourth-order valence-electron chi connectivity index (χ4n) is 5.32. The second-order valence-electron chi connectivity index (χ2n) is 11.6. The number of carboxylic acids is 2. The lowest BCUT2D eigenvalue weighted by atomic mass is 9.96. The van der Waals surface area contributed by atoms with Gasteiger partial charge in [0.25, 0.3) is 0 Å². The average Bonchev–Trinajstić information content (AvgIpc) is 3.06. The first-order valence-corrected chi connectivity index (χ1v) is 14.9. The maximum atomic E-state index is 11.4. The van der Waals surface area contributed by atoms with Crippen molar-refractivity contribution in [3.05, 3.63) is 11.8 Å². The predicted octanol–water partition coefficient (Wildman–Crippen LogP) is -8.43. The highest BCUT2D eigenvalue weighted by Gasteiger charge is 2.54. The zero-order chi connectivity index (χ0) is 36.3. The molecule has 0 saturated carbocycles. The monoisotopic (exact) mass is 719 g/mol. The predicted molar refractivity (Wildman–Crippen MR) is 146 cm³/mol. The summed E-state index contributed by atoms with van der Waals surface area (Å²) in [6.07, 6.45) is -30.1. The van der Waals surface area contributed by atoms with Crippen LogP contribution in [0.4, 0.5) is 0 Å². The van der Waals surface area contributed by atoms with Crippen LogP contribution in [0.25, 0.3) is 0 Å². The Bertz CT molecular complexity index is 1150. The number of nitrogens with two attached hydrogens (primary N) is 1. The van der Waals surface area contributed by atoms with Crippen LogP contribution in [-0.2, 0) is 47.5 Å². The normalized spacial score (nSPS) is 45.2. The van der Waals surface area contributed by atoms with E-state index in [1.165, 1.54) is 0 Å². The molecule has 4 aliphatic heterocycles. The first-order chi connectivity index (χ1) is 23.1. The molecule has 282 valence electrons. The van der Waals surface area contributed by atoms with E-state index < -0.39 is 155 Å². The second kappa shape index (κ2) is 16.9. The standard InChI is InChI=1S/C26H41NO22/c27-6(21(38)39)4-42-23-16(35)13(32)11(5-43-23)47-25-17(36)19(14(33)9(2-28)45-25)49-26-18(37)20(15(34)10(3-29)46-26)48-24-12(31)7(30)1-8(44-24)22(40)41/h1,6-7,9-20,23-26,28-37H,2-5,27H2,(H,38,39)(H,40,41). The number of aliphatic carboxylic acids is 2. The van der Waals surface area contributed by atoms with Gasteiger partial charge in [0.15, 0.2) is 18.9 Å². The van der Waals surface area contributed by atoms with Gasteiger partial charge in [0.1, 0.15) is 85.4 Å². The van der Waals surface area contributed by atoms with Crippen LogP contribution in [0.15, 0.2) is 11.8 Å². The molecule has 18 atom stereocenters. The highest BCUT2D eigenvalue weighted by molar-refractivity contribution is 5.84. The van der Waals surface area contributed by atoms with Crippen LogP contribution in [-0.4, -0.2) is 210 Å². The van der Waals surface area contributed by atoms with Crippen molar-refractivity contribution in [3.8, 4) is 0 Å². The summed E-state index contributed by atoms with van der Waals surface area (Å²) >= 11 is 0. The second-order valence-corrected chi connectivity index (χ2v) is 11.6. The first-order valence-electron chi connectivity index (χ1n) is 14.9. The molecule has 0 spiro atoms. The van der Waals surface area contributed by atoms with Crippen LogP contribution in [0.5, 0.6) is 0 Å². The summed E-state index contributed by atoms with van der Waals surface area (Å²) in [6, 6.07) is -1.46. The van der Waals surface area contributed by atoms with Gasteiger partial charge in [0, 0.05) is 0 Å². The van der Waals surface area contributed by atoms with Crippen LogP contribution < -0.4 is 5.73 Å². The molecule has 18 unspecified atom stereocenters. The highest BCUT2D eigenvalue weighted by atomic mass is 16.8. The number of aliphatic hydroxyl groups excluding tert-OH is 10. The molecule has 3 saturated heterocycles. The molecule has 0 amide bonds. The van der Waals surface area contributed by atoms with Crippen LogP contribution in [0.2, 0.25) is 0 Å². The summed E-state index contributed by atoms with van der Waals surface area (Å²) in [5.41, 5.74) is 5.35. The van der Waals surface area contributed by atoms with Gasteiger partial charge in [0.2, 0.25) is 12.0 Å². The van der Waals surface area contributed by atoms with Crippen LogP contribution in [0.1, 0.15) is 0 Å². The molecule has 14 N–H and O–H groups in total. The van der Waals surface area contributed by atoms with Gasteiger partial charge in [-0.1, -0.05) is 0 Å². The fourth-order valence-corrected chi connectivity index (χ4v) is 5.32. The Morgan fingerprint density at radius 2 is 1.27 bits per heavy atom. The van der Waals surface area contributed by atoms with Gasteiger partial charge < -0.3 is 105 Å². The number of carbonyl (C=O) groups is 2. The molecule has 0 aliphatic carbocycles. The van der Waals surface area contributed by atoms with Crippen molar-refractivity contribution in [2.45, 2.75) is 111 Å². The summed E-state index contributed by atoms with van der Waals surface area (Å²) < 4.78 is 42.9. The molecule has 0 bridgehead atoms. The van der Waals surface area contributed by atoms with Crippen LogP contribution in [0.3, 0.4) is 0 Å². The van der Waals surface area contributed by atoms with E-state index >= 15 is 0 Å². The van der Waals surface area contributed by atoms with E-state index in [2.05, 4.69) is 0 Å². The summed E-state index contributed by atoms with van der Waals surface area (Å²) in [6.45, 7) is -2.92. The van der Waals surface area contributed by atoms with Gasteiger partial charge >= 0.3 is 11.9 Å². The van der Waals surface area contributed by atoms with E-state index in [1.807, 2.05) is 0 Å². The number of rotatable bonds is 13. The van der Waals surface area contributed by atoms with Gasteiger partial charge in [-0.3, -0.25) is 4.79 Å². The van der Waals surface area contributed by atoms with Crippen molar-refractivity contribution in [2.24, 2.45) is 5.73 Å². The van der Waals surface area contributed by atoms with Crippen molar-refractivity contribution < 1.29 is 109 Å². The Balaban J connectivity index is 1.46. The van der Waals surface area contributed by atoms with Crippen molar-refractivity contribution in [3.63, 3.8) is 0 Å². The molecule has 3 fully saturated rings. The molecule has 23 heteroatoms. The highest BCUT2D eigenvalue weighted by Crippen LogP contribution is 2.33. The van der Waals surface area contributed by atoms with Gasteiger partial charge in [-0.2, -0.15) is 0 Å². The minimum atomic E-state index is -2.09. The Morgan fingerprint density at radius 3 is 1.78 bits per heavy atom. The maximum absolute atomic E-state index is 11.4. The molecule has 49 heavy (non-hydrogen) atoms. The summed E-state index contributed by atoms with van der Waals surface area (Å²) in [4.78, 5) is 22.3. The quantitative estimate of drug-likeness (QED) is 0.0840. The zero-order valence-electron chi connectivity index (χ0n) is 25.3. The smallest absolute Gasteiger partial charge is 0.371 e. The van der Waals surface area contributed by atoms with E-state index in [9.17, 15) is 65.8 Å². The van der Waals surface area contributed by atoms with Crippen molar-refractivity contribution in [1.29, 1.82) is 0 Å². The molecule has 0 radical (unpaired) electrons. The van der Waals surface area contributed by atoms with Gasteiger partial charge in [-0.05, 0) is 6.08 Å². The molecule has 0 aromatic rings. The summed E-state index contributed by atoms with van der Waals surface area (Å²) in [7, 11) is 0. The van der Waals surface area contributed by atoms with Crippen molar-refractivity contribution in [1.82, 2.24) is 0 Å². The molecule has 4 heterocycles. The molecule has 4 rings (SSSR count). The Kier molecular flexibility index (Phi) is 13.6. The summed E-state index contributed by atoms with van der Waals surface area (Å²) in [5.74, 6) is -3.87. The largest absolute Gasteiger partial charge is 0.480 e. The number of carboxylic acid groups (broad SMARTS) is 2. The number of aliphatic hydroxyl groups is 10. The third kappa shape index (κ3) is 8.80. The van der Waals surface area contributed by atoms with Crippen LogP contribution >= 0.6 is 0 Å². The average molecular weight is 720 g/mol. The lowest BCUT2D eigenvalue weighted by molar-refractivity contribution is -0.380. The minimum absolute atomic E-state index is 0.516. The van der Waals surface area contributed by atoms with Gasteiger partial charge in [0.05, 0.1) is 26.4 Å². The van der Waals surface area contributed by atoms with E-state index in [0.29, 0.717) is 6.08 Å². The fraction of sp³-hybridized carbons (Fsp3) is 0.846. The third-order valence-corrected chi connectivity index (χ3v) is 8.13. The van der Waals surface area contributed by atoms with E-state index in [0.717, 1.165) is 0 Å². The molecular weight excluding hydrogens is 678 g/mol. The van der Waals surface area contributed by atoms with E-state index in [4.69, 9.17) is 48.7 Å². The van der Waals surface area contributed by atoms with E-state index in [1.54, 1.807) is 0 Å². The SMILES string of the molecule is NC(COC1OCC(OC2OC(CO)C(O)C(OC3OC(CO)C(O)C(OC4OC(C(=O)O)=CC(O)C4O)C3O)C2O)C(O)C1O)C(=O)O. The van der Waals surface area contributed by atoms with E-state index in [-0.39, 0.29) is 0 Å². The number of hydrogen-bond donors (Lipinski definition) is 13. The van der Waals surface area contributed by atoms with Gasteiger partial charge in [-0.25, -0.2) is 4.79 Å². The topological polar surface area (TPSA) is 377 Å². The Morgan fingerprint density at radius 1 is 0.735 bits per heavy atom. The van der Waals surface area contributed by atoms with Gasteiger partial charge in [-0.15, -0.1) is 0 Å².